The number of piperidine rings is 2. The number of aromatic nitrogens is 1. The van der Waals surface area contributed by atoms with Gasteiger partial charge in [-0.15, -0.1) is 0 Å². The van der Waals surface area contributed by atoms with Crippen molar-refractivity contribution in [1.29, 1.82) is 0 Å². The highest BCUT2D eigenvalue weighted by Gasteiger charge is 2.27. The number of hydrogen-bond acceptors (Lipinski definition) is 3. The molecule has 1 amide bonds. The fourth-order valence-electron chi connectivity index (χ4n) is 5.57. The molecular weight excluding hydrogens is 479 g/mol. The van der Waals surface area contributed by atoms with Crippen LogP contribution in [-0.4, -0.2) is 53.1 Å². The highest BCUT2D eigenvalue weighted by atomic mass is 35.5. The maximum absolute atomic E-state index is 12.6. The van der Waals surface area contributed by atoms with Gasteiger partial charge in [0.1, 0.15) is 0 Å². The number of nitrogens with two attached hydrogens (primary N) is 1. The van der Waals surface area contributed by atoms with Crippen molar-refractivity contribution >= 4 is 46.1 Å². The van der Waals surface area contributed by atoms with Crippen molar-refractivity contribution in [2.75, 3.05) is 38.6 Å². The molecule has 5 nitrogen and oxygen atoms in total. The van der Waals surface area contributed by atoms with Crippen LogP contribution in [0, 0.1) is 5.92 Å². The van der Waals surface area contributed by atoms with Gasteiger partial charge in [0.25, 0.3) is 0 Å². The first-order valence-corrected chi connectivity index (χ1v) is 13.2. The highest BCUT2D eigenvalue weighted by molar-refractivity contribution is 6.42. The lowest BCUT2D eigenvalue weighted by Crippen LogP contribution is -2.42. The minimum atomic E-state index is 0.0643. The fourth-order valence-corrected chi connectivity index (χ4v) is 5.88. The maximum Gasteiger partial charge on any atom is 0.246 e. The van der Waals surface area contributed by atoms with Crippen LogP contribution in [-0.2, 0) is 4.79 Å². The summed E-state index contributed by atoms with van der Waals surface area (Å²) >= 11 is 12.0. The number of para-hydroxylation sites is 1. The largest absolute Gasteiger partial charge is 0.339 e. The van der Waals surface area contributed by atoms with Crippen molar-refractivity contribution in [3.05, 3.63) is 75.9 Å². The number of nitrogens with zero attached hydrogens (tertiary/aromatic N) is 3. The van der Waals surface area contributed by atoms with Gasteiger partial charge in [-0.1, -0.05) is 47.5 Å². The normalized spacial score (nSPS) is 18.6. The summed E-state index contributed by atoms with van der Waals surface area (Å²) in [7, 11) is 0. The average molecular weight is 511 g/mol. The summed E-state index contributed by atoms with van der Waals surface area (Å²) in [6.45, 7) is 5.02. The third kappa shape index (κ3) is 5.53. The van der Waals surface area contributed by atoms with E-state index in [0.29, 0.717) is 21.9 Å². The van der Waals surface area contributed by atoms with E-state index >= 15 is 0 Å². The molecule has 3 aromatic rings. The molecule has 7 heteroatoms. The van der Waals surface area contributed by atoms with E-state index < -0.39 is 0 Å². The molecule has 3 heterocycles. The van der Waals surface area contributed by atoms with Gasteiger partial charge >= 0.3 is 0 Å². The van der Waals surface area contributed by atoms with E-state index in [1.165, 1.54) is 23.8 Å². The number of halogens is 2. The fraction of sp³-hybridized carbons (Fsp3) is 0.393. The minimum absolute atomic E-state index is 0.0643. The van der Waals surface area contributed by atoms with E-state index in [-0.39, 0.29) is 5.91 Å². The Labute approximate surface area is 217 Å². The second-order valence-corrected chi connectivity index (χ2v) is 10.7. The molecule has 0 bridgehead atoms. The minimum Gasteiger partial charge on any atom is -0.339 e. The zero-order valence-electron chi connectivity index (χ0n) is 19.9. The molecule has 2 aromatic carbocycles. The van der Waals surface area contributed by atoms with Gasteiger partial charge in [-0.25, -0.2) is 0 Å². The van der Waals surface area contributed by atoms with Crippen molar-refractivity contribution in [2.24, 2.45) is 5.92 Å². The van der Waals surface area contributed by atoms with Gasteiger partial charge in [0.2, 0.25) is 5.91 Å². The summed E-state index contributed by atoms with van der Waals surface area (Å²) < 4.78 is 1.77. The molecule has 184 valence electrons. The monoisotopic (exact) mass is 510 g/mol. The molecule has 2 saturated heterocycles. The predicted octanol–water partition coefficient (Wildman–Crippen LogP) is 5.79. The molecule has 2 aliphatic heterocycles. The molecule has 0 radical (unpaired) electrons. The molecule has 0 unspecified atom stereocenters. The van der Waals surface area contributed by atoms with Gasteiger partial charge < -0.3 is 15.6 Å². The molecule has 5 rings (SSSR count). The molecule has 2 fully saturated rings. The second kappa shape index (κ2) is 10.7. The van der Waals surface area contributed by atoms with Gasteiger partial charge in [0.05, 0.1) is 15.6 Å². The molecule has 0 atom stereocenters. The Hall–Kier alpha value is -2.47. The van der Waals surface area contributed by atoms with Gasteiger partial charge in [-0.05, 0) is 86.0 Å². The Morgan fingerprint density at radius 3 is 2.46 bits per heavy atom. The lowest BCUT2D eigenvalue weighted by Gasteiger charge is -2.37. The van der Waals surface area contributed by atoms with Gasteiger partial charge in [0, 0.05) is 37.3 Å². The third-order valence-corrected chi connectivity index (χ3v) is 8.34. The zero-order chi connectivity index (χ0) is 24.4. The summed E-state index contributed by atoms with van der Waals surface area (Å²) in [6.07, 6.45) is 10.0. The molecule has 35 heavy (non-hydrogen) atoms. The van der Waals surface area contributed by atoms with Crippen LogP contribution >= 0.6 is 23.2 Å². The number of rotatable bonds is 5. The summed E-state index contributed by atoms with van der Waals surface area (Å²) in [5.41, 5.74) is 3.38. The molecule has 1 aromatic heterocycles. The molecule has 2 aliphatic rings. The Kier molecular flexibility index (Phi) is 7.37. The van der Waals surface area contributed by atoms with Crippen LogP contribution in [0.25, 0.3) is 17.0 Å². The standard InChI is InChI=1S/C28H32Cl2N4O/c29-25-7-5-20(17-26(25)30)6-8-28(35)33-15-9-21(10-16-33)18-32-13-11-22(12-14-32)24-19-34(31)27-4-2-1-3-23(24)27/h1-8,17,19,21-22H,9-16,18,31H2. The number of hydrogen-bond donors (Lipinski definition) is 1. The van der Waals surface area contributed by atoms with E-state index in [1.807, 2.05) is 23.1 Å². The van der Waals surface area contributed by atoms with Crippen molar-refractivity contribution < 1.29 is 4.79 Å². The number of amides is 1. The van der Waals surface area contributed by atoms with Crippen LogP contribution in [0.4, 0.5) is 0 Å². The number of carbonyl (C=O) groups excluding carboxylic acids is 1. The summed E-state index contributed by atoms with van der Waals surface area (Å²) in [5, 5.41) is 2.31. The number of benzene rings is 2. The Bertz CT molecular complexity index is 1220. The van der Waals surface area contributed by atoms with E-state index in [1.54, 1.807) is 22.9 Å². The lowest BCUT2D eigenvalue weighted by atomic mass is 9.88. The van der Waals surface area contributed by atoms with Gasteiger partial charge in [-0.2, -0.15) is 0 Å². The van der Waals surface area contributed by atoms with Crippen LogP contribution < -0.4 is 5.84 Å². The quantitative estimate of drug-likeness (QED) is 0.348. The smallest absolute Gasteiger partial charge is 0.246 e. The van der Waals surface area contributed by atoms with Crippen molar-refractivity contribution in [3.8, 4) is 0 Å². The Morgan fingerprint density at radius 2 is 1.71 bits per heavy atom. The number of likely N-dealkylation sites (tertiary alicyclic amines) is 2. The second-order valence-electron chi connectivity index (χ2n) is 9.86. The molecule has 2 N–H and O–H groups in total. The molecule has 0 aliphatic carbocycles. The van der Waals surface area contributed by atoms with Crippen LogP contribution in [0.15, 0.2) is 54.7 Å². The molecular formula is C28H32Cl2N4O. The van der Waals surface area contributed by atoms with E-state index in [0.717, 1.165) is 56.6 Å². The average Bonchev–Trinajstić information content (AvgIpc) is 3.22. The van der Waals surface area contributed by atoms with E-state index in [9.17, 15) is 4.79 Å². The lowest BCUT2D eigenvalue weighted by molar-refractivity contribution is -0.127. The van der Waals surface area contributed by atoms with Crippen molar-refractivity contribution in [2.45, 2.75) is 31.6 Å². The highest BCUT2D eigenvalue weighted by Crippen LogP contribution is 2.34. The van der Waals surface area contributed by atoms with Crippen LogP contribution in [0.2, 0.25) is 10.0 Å². The van der Waals surface area contributed by atoms with Crippen LogP contribution in [0.1, 0.15) is 42.7 Å². The molecule has 0 spiro atoms. The third-order valence-electron chi connectivity index (χ3n) is 7.60. The summed E-state index contributed by atoms with van der Waals surface area (Å²) in [4.78, 5) is 17.2. The zero-order valence-corrected chi connectivity index (χ0v) is 21.4. The van der Waals surface area contributed by atoms with Crippen LogP contribution in [0.5, 0.6) is 0 Å². The summed E-state index contributed by atoms with van der Waals surface area (Å²) in [5.74, 6) is 7.48. The first-order chi connectivity index (χ1) is 17.0. The van der Waals surface area contributed by atoms with Gasteiger partial charge in [-0.3, -0.25) is 9.47 Å². The molecule has 0 saturated carbocycles. The topological polar surface area (TPSA) is 54.5 Å². The first kappa shape index (κ1) is 24.2. The Morgan fingerprint density at radius 1 is 0.971 bits per heavy atom. The van der Waals surface area contributed by atoms with E-state index in [2.05, 4.69) is 29.3 Å². The van der Waals surface area contributed by atoms with Crippen molar-refractivity contribution in [1.82, 2.24) is 14.5 Å². The predicted molar refractivity (Wildman–Crippen MR) is 145 cm³/mol. The first-order valence-electron chi connectivity index (χ1n) is 12.5. The summed E-state index contributed by atoms with van der Waals surface area (Å²) in [6, 6.07) is 13.8. The van der Waals surface area contributed by atoms with Crippen LogP contribution in [0.3, 0.4) is 0 Å². The SMILES string of the molecule is Nn1cc(C2CCN(CC3CCN(C(=O)C=Cc4ccc(Cl)c(Cl)c4)CC3)CC2)c2ccccc21. The maximum atomic E-state index is 12.6. The van der Waals surface area contributed by atoms with E-state index in [4.69, 9.17) is 29.0 Å². The van der Waals surface area contributed by atoms with Crippen molar-refractivity contribution in [3.63, 3.8) is 0 Å². The number of nitrogen functional groups attached to an aromatic ring is 1. The number of carbonyl (C=O) groups is 1. The number of fused-ring (bicyclic) bond motifs is 1. The Balaban J connectivity index is 1.08. The van der Waals surface area contributed by atoms with Gasteiger partial charge in [0.15, 0.2) is 0 Å².